The van der Waals surface area contributed by atoms with Gasteiger partial charge in [-0.1, -0.05) is 24.3 Å². The molecule has 1 heterocycles. The smallest absolute Gasteiger partial charge is 0.269 e. The van der Waals surface area contributed by atoms with Crippen molar-refractivity contribution in [1.29, 1.82) is 5.26 Å². The monoisotopic (exact) mass is 396 g/mol. The standard InChI is InChI=1S/C23H16N4O3/c24-14-18(23-25-21-6-1-2-7-22(21)26-23)12-17-4-3-5-20(13-17)30-15-16-8-10-19(11-9-16)27(28)29/h1-13H,15H2,(H,25,26)/b18-12+. The first-order valence-electron chi connectivity index (χ1n) is 9.15. The molecule has 0 saturated heterocycles. The topological polar surface area (TPSA) is 105 Å². The van der Waals surface area contributed by atoms with E-state index in [1.165, 1.54) is 12.1 Å². The first-order chi connectivity index (χ1) is 14.6. The minimum absolute atomic E-state index is 0.0421. The Morgan fingerprint density at radius 2 is 1.93 bits per heavy atom. The Morgan fingerprint density at radius 1 is 1.13 bits per heavy atom. The minimum atomic E-state index is -0.435. The van der Waals surface area contributed by atoms with E-state index >= 15 is 0 Å². The first kappa shape index (κ1) is 18.9. The van der Waals surface area contributed by atoms with E-state index in [-0.39, 0.29) is 12.3 Å². The molecule has 7 nitrogen and oxygen atoms in total. The maximum Gasteiger partial charge on any atom is 0.269 e. The van der Waals surface area contributed by atoms with Gasteiger partial charge in [-0.15, -0.1) is 0 Å². The molecule has 0 unspecified atom stereocenters. The number of aromatic nitrogens is 2. The zero-order valence-electron chi connectivity index (χ0n) is 15.8. The van der Waals surface area contributed by atoms with Crippen molar-refractivity contribution in [2.45, 2.75) is 6.61 Å². The molecule has 0 atom stereocenters. The van der Waals surface area contributed by atoms with Crippen LogP contribution in [0.15, 0.2) is 72.8 Å². The molecule has 146 valence electrons. The lowest BCUT2D eigenvalue weighted by Crippen LogP contribution is -1.96. The summed E-state index contributed by atoms with van der Waals surface area (Å²) in [6.07, 6.45) is 1.75. The van der Waals surface area contributed by atoms with Crippen LogP contribution in [0.3, 0.4) is 0 Å². The molecule has 0 spiro atoms. The number of H-pyrrole nitrogens is 1. The minimum Gasteiger partial charge on any atom is -0.489 e. The zero-order valence-corrected chi connectivity index (χ0v) is 15.8. The Bertz CT molecular complexity index is 1250. The molecule has 0 aliphatic carbocycles. The molecule has 30 heavy (non-hydrogen) atoms. The maximum atomic E-state index is 10.7. The van der Waals surface area contributed by atoms with Crippen molar-refractivity contribution in [3.8, 4) is 11.8 Å². The van der Waals surface area contributed by atoms with Crippen molar-refractivity contribution in [3.05, 3.63) is 99.9 Å². The highest BCUT2D eigenvalue weighted by Crippen LogP contribution is 2.22. The highest BCUT2D eigenvalue weighted by atomic mass is 16.6. The normalized spacial score (nSPS) is 11.2. The fourth-order valence-electron chi connectivity index (χ4n) is 2.98. The highest BCUT2D eigenvalue weighted by Gasteiger charge is 2.08. The zero-order chi connectivity index (χ0) is 20.9. The summed E-state index contributed by atoms with van der Waals surface area (Å²) in [5, 5.41) is 20.3. The Hall–Kier alpha value is -4.44. The number of benzene rings is 3. The van der Waals surface area contributed by atoms with Crippen LogP contribution in [-0.2, 0) is 6.61 Å². The molecule has 0 amide bonds. The van der Waals surface area contributed by atoms with Crippen LogP contribution in [0.2, 0.25) is 0 Å². The molecular formula is C23H16N4O3. The predicted molar refractivity (Wildman–Crippen MR) is 113 cm³/mol. The second-order valence-corrected chi connectivity index (χ2v) is 6.56. The van der Waals surface area contributed by atoms with Crippen LogP contribution >= 0.6 is 0 Å². The van der Waals surface area contributed by atoms with Crippen molar-refractivity contribution in [2.75, 3.05) is 0 Å². The summed E-state index contributed by atoms with van der Waals surface area (Å²) in [5.74, 6) is 1.14. The average Bonchev–Trinajstić information content (AvgIpc) is 3.20. The van der Waals surface area contributed by atoms with Crippen LogP contribution in [0.25, 0.3) is 22.7 Å². The molecule has 1 aromatic heterocycles. The SMILES string of the molecule is N#C/C(=C\c1cccc(OCc2ccc([N+](=O)[O-])cc2)c1)c1nc2ccccc2[nH]1. The Kier molecular flexibility index (Phi) is 5.22. The van der Waals surface area contributed by atoms with Crippen LogP contribution < -0.4 is 4.74 Å². The summed E-state index contributed by atoms with van der Waals surface area (Å²) in [4.78, 5) is 17.9. The Balaban J connectivity index is 1.51. The van der Waals surface area contributed by atoms with E-state index in [1.807, 2.05) is 48.5 Å². The summed E-state index contributed by atoms with van der Waals surface area (Å²) in [5.41, 5.74) is 3.75. The van der Waals surface area contributed by atoms with Crippen molar-refractivity contribution in [2.24, 2.45) is 0 Å². The van der Waals surface area contributed by atoms with Gasteiger partial charge in [0.25, 0.3) is 5.69 Å². The van der Waals surface area contributed by atoms with Crippen molar-refractivity contribution >= 4 is 28.4 Å². The summed E-state index contributed by atoms with van der Waals surface area (Å²) < 4.78 is 5.80. The number of non-ortho nitro benzene ring substituents is 1. The number of nitro benzene ring substituents is 1. The maximum absolute atomic E-state index is 10.7. The van der Waals surface area contributed by atoms with E-state index in [4.69, 9.17) is 4.74 Å². The highest BCUT2D eigenvalue weighted by molar-refractivity contribution is 5.90. The van der Waals surface area contributed by atoms with Crippen molar-refractivity contribution in [3.63, 3.8) is 0 Å². The number of fused-ring (bicyclic) bond motifs is 1. The van der Waals surface area contributed by atoms with Gasteiger partial charge in [0, 0.05) is 12.1 Å². The van der Waals surface area contributed by atoms with Gasteiger partial charge in [0.2, 0.25) is 0 Å². The molecule has 3 aromatic carbocycles. The summed E-state index contributed by atoms with van der Waals surface area (Å²) in [7, 11) is 0. The Morgan fingerprint density at radius 3 is 2.67 bits per heavy atom. The number of nitrogens with one attached hydrogen (secondary N) is 1. The summed E-state index contributed by atoms with van der Waals surface area (Å²) in [6, 6.07) is 23.4. The van der Waals surface area contributed by atoms with E-state index in [1.54, 1.807) is 18.2 Å². The van der Waals surface area contributed by atoms with Gasteiger partial charge in [-0.25, -0.2) is 4.98 Å². The lowest BCUT2D eigenvalue weighted by molar-refractivity contribution is -0.384. The Labute approximate surface area is 172 Å². The number of allylic oxidation sites excluding steroid dienone is 1. The molecule has 1 N–H and O–H groups in total. The van der Waals surface area contributed by atoms with Gasteiger partial charge in [-0.05, 0) is 53.6 Å². The molecule has 7 heteroatoms. The largest absolute Gasteiger partial charge is 0.489 e. The number of nitriles is 1. The number of nitrogens with zero attached hydrogens (tertiary/aromatic N) is 3. The van der Waals surface area contributed by atoms with Gasteiger partial charge in [0.1, 0.15) is 24.3 Å². The summed E-state index contributed by atoms with van der Waals surface area (Å²) >= 11 is 0. The van der Waals surface area contributed by atoms with E-state index < -0.39 is 4.92 Å². The molecule has 4 rings (SSSR count). The first-order valence-corrected chi connectivity index (χ1v) is 9.15. The number of para-hydroxylation sites is 2. The molecular weight excluding hydrogens is 380 g/mol. The van der Waals surface area contributed by atoms with E-state index in [9.17, 15) is 15.4 Å². The number of aromatic amines is 1. The van der Waals surface area contributed by atoms with Crippen LogP contribution in [0, 0.1) is 21.4 Å². The molecule has 0 saturated carbocycles. The summed E-state index contributed by atoms with van der Waals surface area (Å²) in [6.45, 7) is 0.278. The fourth-order valence-corrected chi connectivity index (χ4v) is 2.98. The number of hydrogen-bond acceptors (Lipinski definition) is 5. The van der Waals surface area contributed by atoms with Gasteiger partial charge in [0.15, 0.2) is 0 Å². The number of ether oxygens (including phenoxy) is 1. The second kappa shape index (κ2) is 8.29. The lowest BCUT2D eigenvalue weighted by atomic mass is 10.1. The van der Waals surface area contributed by atoms with Crippen LogP contribution in [0.1, 0.15) is 17.0 Å². The quantitative estimate of drug-likeness (QED) is 0.277. The predicted octanol–water partition coefficient (Wildman–Crippen LogP) is 5.11. The van der Waals surface area contributed by atoms with Crippen LogP contribution in [0.4, 0.5) is 5.69 Å². The number of hydrogen-bond donors (Lipinski definition) is 1. The molecule has 0 aliphatic heterocycles. The molecule has 0 fully saturated rings. The van der Waals surface area contributed by atoms with Crippen molar-refractivity contribution < 1.29 is 9.66 Å². The van der Waals surface area contributed by atoms with Gasteiger partial charge in [-0.3, -0.25) is 10.1 Å². The molecule has 0 aliphatic rings. The third-order valence-electron chi connectivity index (χ3n) is 4.49. The molecule has 0 bridgehead atoms. The van der Waals surface area contributed by atoms with Gasteiger partial charge in [-0.2, -0.15) is 5.26 Å². The van der Waals surface area contributed by atoms with E-state index in [0.717, 1.165) is 22.2 Å². The number of nitro groups is 1. The van der Waals surface area contributed by atoms with Crippen LogP contribution in [0.5, 0.6) is 5.75 Å². The van der Waals surface area contributed by atoms with E-state index in [0.29, 0.717) is 17.1 Å². The lowest BCUT2D eigenvalue weighted by Gasteiger charge is -2.07. The van der Waals surface area contributed by atoms with Gasteiger partial charge >= 0.3 is 0 Å². The van der Waals surface area contributed by atoms with Gasteiger partial charge < -0.3 is 9.72 Å². The average molecular weight is 396 g/mol. The fraction of sp³-hybridized carbons (Fsp3) is 0.0435. The third kappa shape index (κ3) is 4.18. The third-order valence-corrected chi connectivity index (χ3v) is 4.49. The van der Waals surface area contributed by atoms with E-state index in [2.05, 4.69) is 16.0 Å². The van der Waals surface area contributed by atoms with Crippen LogP contribution in [-0.4, -0.2) is 14.9 Å². The molecule has 0 radical (unpaired) electrons. The van der Waals surface area contributed by atoms with Crippen molar-refractivity contribution in [1.82, 2.24) is 9.97 Å². The number of rotatable bonds is 6. The molecule has 4 aromatic rings. The second-order valence-electron chi connectivity index (χ2n) is 6.56. The van der Waals surface area contributed by atoms with Gasteiger partial charge in [0.05, 0.1) is 21.5 Å². The number of imidazole rings is 1.